The van der Waals surface area contributed by atoms with E-state index in [2.05, 4.69) is 0 Å². The van der Waals surface area contributed by atoms with Crippen LogP contribution in [0.3, 0.4) is 0 Å². The zero-order chi connectivity index (χ0) is 14.4. The number of benzene rings is 2. The van der Waals surface area contributed by atoms with Gasteiger partial charge in [-0.15, -0.1) is 0 Å². The van der Waals surface area contributed by atoms with Crippen molar-refractivity contribution in [2.45, 2.75) is 12.8 Å². The smallest absolute Gasteiger partial charge is 0.346 e. The predicted octanol–water partition coefficient (Wildman–Crippen LogP) is 3.75. The van der Waals surface area contributed by atoms with Crippen LogP contribution in [0.25, 0.3) is 0 Å². The molecule has 0 aliphatic carbocycles. The van der Waals surface area contributed by atoms with E-state index in [0.717, 1.165) is 12.5 Å². The Hall–Kier alpha value is -2.43. The van der Waals surface area contributed by atoms with Gasteiger partial charge in [0.25, 0.3) is 0 Å². The van der Waals surface area contributed by atoms with E-state index < -0.39 is 16.4 Å². The van der Waals surface area contributed by atoms with Crippen LogP contribution in [0.5, 0.6) is 5.75 Å². The van der Waals surface area contributed by atoms with Crippen LogP contribution in [0.2, 0.25) is 0 Å². The number of nitro groups is 1. The van der Waals surface area contributed by atoms with Gasteiger partial charge in [-0.1, -0.05) is 36.4 Å². The van der Waals surface area contributed by atoms with Crippen LogP contribution in [-0.4, -0.2) is 11.5 Å². The summed E-state index contributed by atoms with van der Waals surface area (Å²) in [4.78, 5) is 10.0. The lowest BCUT2D eigenvalue weighted by Gasteiger charge is -2.07. The minimum atomic E-state index is -0.879. The van der Waals surface area contributed by atoms with Crippen LogP contribution in [0, 0.1) is 15.9 Å². The molecule has 0 N–H and O–H groups in total. The Bertz CT molecular complexity index is 587. The maximum absolute atomic E-state index is 13.4. The third-order valence-electron chi connectivity index (χ3n) is 2.84. The van der Waals surface area contributed by atoms with E-state index in [9.17, 15) is 14.5 Å². The Labute approximate surface area is 116 Å². The first-order valence-corrected chi connectivity index (χ1v) is 6.28. The Morgan fingerprint density at radius 3 is 2.55 bits per heavy atom. The Kier molecular flexibility index (Phi) is 4.65. The second kappa shape index (κ2) is 6.65. The zero-order valence-electron chi connectivity index (χ0n) is 10.8. The molecule has 0 unspecified atom stereocenters. The normalized spacial score (nSPS) is 10.2. The van der Waals surface area contributed by atoms with Gasteiger partial charge in [0.15, 0.2) is 5.75 Å². The monoisotopic (exact) mass is 275 g/mol. The molecule has 0 heterocycles. The highest BCUT2D eigenvalue weighted by molar-refractivity contribution is 5.47. The van der Waals surface area contributed by atoms with Crippen molar-refractivity contribution < 1.29 is 14.1 Å². The lowest BCUT2D eigenvalue weighted by atomic mass is 10.1. The molecule has 104 valence electrons. The first-order valence-electron chi connectivity index (χ1n) is 6.28. The van der Waals surface area contributed by atoms with E-state index in [4.69, 9.17) is 4.74 Å². The molecule has 2 rings (SSSR count). The van der Waals surface area contributed by atoms with Gasteiger partial charge in [-0.3, -0.25) is 10.1 Å². The SMILES string of the molecule is O=[N+]([O-])c1c(F)cccc1OCCCc1ccccc1. The van der Waals surface area contributed by atoms with Crippen LogP contribution in [0.4, 0.5) is 10.1 Å². The highest BCUT2D eigenvalue weighted by atomic mass is 19.1. The number of para-hydroxylation sites is 1. The van der Waals surface area contributed by atoms with E-state index in [1.165, 1.54) is 17.7 Å². The standard InChI is InChI=1S/C15H14FNO3/c16-13-9-4-10-14(15(13)17(18)19)20-11-5-8-12-6-2-1-3-7-12/h1-4,6-7,9-10H,5,8,11H2. The maximum Gasteiger partial charge on any atom is 0.346 e. The van der Waals surface area contributed by atoms with Crippen LogP contribution >= 0.6 is 0 Å². The Morgan fingerprint density at radius 2 is 1.85 bits per heavy atom. The first kappa shape index (κ1) is 14.0. The summed E-state index contributed by atoms with van der Waals surface area (Å²) in [5.74, 6) is -0.904. The summed E-state index contributed by atoms with van der Waals surface area (Å²) in [6.45, 7) is 0.305. The lowest BCUT2D eigenvalue weighted by Crippen LogP contribution is -2.03. The molecule has 0 aromatic heterocycles. The number of aryl methyl sites for hydroxylation is 1. The number of hydrogen-bond acceptors (Lipinski definition) is 3. The van der Waals surface area contributed by atoms with Gasteiger partial charge in [0, 0.05) is 0 Å². The van der Waals surface area contributed by atoms with Crippen LogP contribution < -0.4 is 4.74 Å². The largest absolute Gasteiger partial charge is 0.487 e. The molecular weight excluding hydrogens is 261 g/mol. The highest BCUT2D eigenvalue weighted by Gasteiger charge is 2.20. The lowest BCUT2D eigenvalue weighted by molar-refractivity contribution is -0.388. The van der Waals surface area contributed by atoms with Gasteiger partial charge in [0.1, 0.15) is 0 Å². The van der Waals surface area contributed by atoms with Gasteiger partial charge in [0.2, 0.25) is 5.82 Å². The van der Waals surface area contributed by atoms with Gasteiger partial charge >= 0.3 is 5.69 Å². The summed E-state index contributed by atoms with van der Waals surface area (Å²) in [6.07, 6.45) is 1.52. The summed E-state index contributed by atoms with van der Waals surface area (Å²) in [6, 6.07) is 13.7. The number of rotatable bonds is 6. The van der Waals surface area contributed by atoms with E-state index >= 15 is 0 Å². The Morgan fingerprint density at radius 1 is 1.10 bits per heavy atom. The molecule has 2 aromatic carbocycles. The summed E-state index contributed by atoms with van der Waals surface area (Å²) < 4.78 is 18.7. The summed E-state index contributed by atoms with van der Waals surface area (Å²) in [7, 11) is 0. The molecule has 0 bridgehead atoms. The third kappa shape index (κ3) is 3.54. The van der Waals surface area contributed by atoms with E-state index in [-0.39, 0.29) is 5.75 Å². The van der Waals surface area contributed by atoms with Gasteiger partial charge < -0.3 is 4.74 Å². The predicted molar refractivity (Wildman–Crippen MR) is 73.3 cm³/mol. The number of hydrogen-bond donors (Lipinski definition) is 0. The molecule has 2 aromatic rings. The molecule has 0 aliphatic rings. The molecule has 0 radical (unpaired) electrons. The first-order chi connectivity index (χ1) is 9.68. The molecular formula is C15H14FNO3. The summed E-state index contributed by atoms with van der Waals surface area (Å²) in [5.41, 5.74) is 0.567. The van der Waals surface area contributed by atoms with Crippen molar-refractivity contribution in [2.24, 2.45) is 0 Å². The maximum atomic E-state index is 13.4. The van der Waals surface area contributed by atoms with E-state index in [0.29, 0.717) is 13.0 Å². The molecule has 0 amide bonds. The molecule has 4 nitrogen and oxygen atoms in total. The van der Waals surface area contributed by atoms with Gasteiger partial charge in [-0.25, -0.2) is 0 Å². The summed E-state index contributed by atoms with van der Waals surface area (Å²) in [5, 5.41) is 10.8. The molecule has 0 fully saturated rings. The molecule has 0 aliphatic heterocycles. The van der Waals surface area contributed by atoms with Crippen molar-refractivity contribution in [1.29, 1.82) is 0 Å². The fourth-order valence-corrected chi connectivity index (χ4v) is 1.89. The van der Waals surface area contributed by atoms with Crippen molar-refractivity contribution in [3.05, 3.63) is 70.0 Å². The number of nitrogens with zero attached hydrogens (tertiary/aromatic N) is 1. The number of halogens is 1. The highest BCUT2D eigenvalue weighted by Crippen LogP contribution is 2.29. The van der Waals surface area contributed by atoms with Gasteiger partial charge in [-0.05, 0) is 30.5 Å². The number of nitro benzene ring substituents is 1. The van der Waals surface area contributed by atoms with Crippen molar-refractivity contribution in [2.75, 3.05) is 6.61 Å². The topological polar surface area (TPSA) is 52.4 Å². The quantitative estimate of drug-likeness (QED) is 0.458. The average molecular weight is 275 g/mol. The number of ether oxygens (including phenoxy) is 1. The fourth-order valence-electron chi connectivity index (χ4n) is 1.89. The second-order valence-electron chi connectivity index (χ2n) is 4.28. The fraction of sp³-hybridized carbons (Fsp3) is 0.200. The van der Waals surface area contributed by atoms with Crippen LogP contribution in [0.15, 0.2) is 48.5 Å². The minimum absolute atomic E-state index is 0.0249. The third-order valence-corrected chi connectivity index (χ3v) is 2.84. The van der Waals surface area contributed by atoms with E-state index in [1.54, 1.807) is 0 Å². The zero-order valence-corrected chi connectivity index (χ0v) is 10.8. The van der Waals surface area contributed by atoms with Crippen molar-refractivity contribution in [1.82, 2.24) is 0 Å². The van der Waals surface area contributed by atoms with Crippen molar-refractivity contribution in [3.63, 3.8) is 0 Å². The molecule has 0 saturated carbocycles. The average Bonchev–Trinajstić information content (AvgIpc) is 2.44. The second-order valence-corrected chi connectivity index (χ2v) is 4.28. The van der Waals surface area contributed by atoms with Gasteiger partial charge in [0.05, 0.1) is 11.5 Å². The minimum Gasteiger partial charge on any atom is -0.487 e. The Balaban J connectivity index is 1.92. The van der Waals surface area contributed by atoms with Gasteiger partial charge in [-0.2, -0.15) is 4.39 Å². The molecule has 20 heavy (non-hydrogen) atoms. The molecule has 0 atom stereocenters. The summed E-state index contributed by atoms with van der Waals surface area (Å²) >= 11 is 0. The molecule has 5 heteroatoms. The van der Waals surface area contributed by atoms with E-state index in [1.807, 2.05) is 30.3 Å². The molecule has 0 saturated heterocycles. The molecule has 0 spiro atoms. The van der Waals surface area contributed by atoms with Crippen molar-refractivity contribution >= 4 is 5.69 Å². The van der Waals surface area contributed by atoms with Crippen molar-refractivity contribution in [3.8, 4) is 5.75 Å². The van der Waals surface area contributed by atoms with Crippen LogP contribution in [0.1, 0.15) is 12.0 Å². The van der Waals surface area contributed by atoms with Crippen LogP contribution in [-0.2, 0) is 6.42 Å².